The van der Waals surface area contributed by atoms with E-state index in [9.17, 15) is 4.79 Å². The van der Waals surface area contributed by atoms with E-state index in [2.05, 4.69) is 27.4 Å². The first-order valence-electron chi connectivity index (χ1n) is 4.87. The zero-order valence-corrected chi connectivity index (χ0v) is 9.67. The number of nitrogens with zero attached hydrogens (tertiary/aromatic N) is 1. The molecule has 2 aromatic rings. The Hall–Kier alpha value is -2.10. The van der Waals surface area contributed by atoms with E-state index < -0.39 is 0 Å². The van der Waals surface area contributed by atoms with Crippen molar-refractivity contribution in [2.24, 2.45) is 5.73 Å². The molecule has 0 atom stereocenters. The molecule has 0 aliphatic rings. The average Bonchev–Trinajstić information content (AvgIpc) is 2.96. The number of nitrogens with one attached hydrogen (secondary N) is 2. The number of anilines is 1. The zero-order chi connectivity index (χ0) is 12.1. The molecule has 5 nitrogen and oxygen atoms in total. The number of rotatable bonds is 2. The van der Waals surface area contributed by atoms with Crippen LogP contribution in [0.4, 0.5) is 5.69 Å². The van der Waals surface area contributed by atoms with Crippen molar-refractivity contribution in [3.8, 4) is 11.8 Å². The van der Waals surface area contributed by atoms with Gasteiger partial charge in [-0.05, 0) is 6.07 Å². The van der Waals surface area contributed by atoms with Gasteiger partial charge >= 0.3 is 0 Å². The molecule has 0 aliphatic heterocycles. The summed E-state index contributed by atoms with van der Waals surface area (Å²) in [4.78, 5) is 12.6. The van der Waals surface area contributed by atoms with Gasteiger partial charge in [-0.3, -0.25) is 9.89 Å². The van der Waals surface area contributed by atoms with Crippen LogP contribution in [0.3, 0.4) is 0 Å². The van der Waals surface area contributed by atoms with Gasteiger partial charge in [-0.1, -0.05) is 11.8 Å². The topological polar surface area (TPSA) is 83.8 Å². The number of thiophene rings is 1. The Morgan fingerprint density at radius 3 is 3.24 bits per heavy atom. The second-order valence-corrected chi connectivity index (χ2v) is 4.06. The van der Waals surface area contributed by atoms with Crippen molar-refractivity contribution < 1.29 is 4.79 Å². The average molecular weight is 246 g/mol. The minimum atomic E-state index is -0.177. The SMILES string of the molecule is NCC#Cc1cc(C(=O)Nc2cn[nH]c2)cs1. The van der Waals surface area contributed by atoms with Gasteiger partial charge in [0.25, 0.3) is 5.91 Å². The summed E-state index contributed by atoms with van der Waals surface area (Å²) >= 11 is 1.42. The number of nitrogens with two attached hydrogens (primary N) is 1. The van der Waals surface area contributed by atoms with Crippen molar-refractivity contribution in [1.82, 2.24) is 10.2 Å². The minimum Gasteiger partial charge on any atom is -0.320 e. The molecule has 0 unspecified atom stereocenters. The molecule has 0 aliphatic carbocycles. The Morgan fingerprint density at radius 2 is 2.53 bits per heavy atom. The molecular weight excluding hydrogens is 236 g/mol. The van der Waals surface area contributed by atoms with Gasteiger partial charge in [-0.15, -0.1) is 11.3 Å². The Bertz CT molecular complexity index is 562. The van der Waals surface area contributed by atoms with E-state index in [-0.39, 0.29) is 5.91 Å². The maximum absolute atomic E-state index is 11.8. The van der Waals surface area contributed by atoms with E-state index in [1.807, 2.05) is 0 Å². The molecule has 0 spiro atoms. The fourth-order valence-electron chi connectivity index (χ4n) is 1.18. The zero-order valence-electron chi connectivity index (χ0n) is 8.86. The maximum atomic E-state index is 11.8. The van der Waals surface area contributed by atoms with Crippen molar-refractivity contribution in [1.29, 1.82) is 0 Å². The number of aromatic amines is 1. The number of hydrogen-bond acceptors (Lipinski definition) is 4. The molecule has 86 valence electrons. The Labute approximate surface area is 102 Å². The first kappa shape index (κ1) is 11.4. The number of H-pyrrole nitrogens is 1. The van der Waals surface area contributed by atoms with Crippen molar-refractivity contribution in [2.75, 3.05) is 11.9 Å². The molecule has 0 fully saturated rings. The molecule has 4 N–H and O–H groups in total. The molecule has 0 aromatic carbocycles. The summed E-state index contributed by atoms with van der Waals surface area (Å²) in [6.07, 6.45) is 3.15. The van der Waals surface area contributed by atoms with Crippen molar-refractivity contribution in [3.63, 3.8) is 0 Å². The first-order valence-corrected chi connectivity index (χ1v) is 5.75. The normalized spacial score (nSPS) is 9.47. The molecular formula is C11H10N4OS. The van der Waals surface area contributed by atoms with Crippen molar-refractivity contribution in [3.05, 3.63) is 34.3 Å². The Morgan fingerprint density at radius 1 is 1.65 bits per heavy atom. The van der Waals surface area contributed by atoms with Crippen LogP contribution in [0.5, 0.6) is 0 Å². The van der Waals surface area contributed by atoms with Gasteiger partial charge in [0.05, 0.1) is 28.9 Å². The third kappa shape index (κ3) is 2.93. The summed E-state index contributed by atoms with van der Waals surface area (Å²) in [5.41, 5.74) is 6.49. The van der Waals surface area contributed by atoms with Gasteiger partial charge < -0.3 is 11.1 Å². The van der Waals surface area contributed by atoms with E-state index in [1.165, 1.54) is 11.3 Å². The summed E-state index contributed by atoms with van der Waals surface area (Å²) in [5.74, 6) is 5.45. The van der Waals surface area contributed by atoms with Gasteiger partial charge in [0.15, 0.2) is 0 Å². The molecule has 0 radical (unpaired) electrons. The van der Waals surface area contributed by atoms with Crippen LogP contribution in [-0.2, 0) is 0 Å². The van der Waals surface area contributed by atoms with Crippen LogP contribution in [0.15, 0.2) is 23.8 Å². The smallest absolute Gasteiger partial charge is 0.256 e. The number of hydrogen-bond donors (Lipinski definition) is 3. The van der Waals surface area contributed by atoms with Crippen molar-refractivity contribution in [2.45, 2.75) is 0 Å². The third-order valence-corrected chi connectivity index (χ3v) is 2.78. The summed E-state index contributed by atoms with van der Waals surface area (Å²) in [6.45, 7) is 0.314. The number of carbonyl (C=O) groups is 1. The van der Waals surface area contributed by atoms with Crippen LogP contribution in [-0.4, -0.2) is 22.6 Å². The maximum Gasteiger partial charge on any atom is 0.256 e. The van der Waals surface area contributed by atoms with E-state index >= 15 is 0 Å². The summed E-state index contributed by atoms with van der Waals surface area (Å²) < 4.78 is 0. The van der Waals surface area contributed by atoms with Crippen LogP contribution < -0.4 is 11.1 Å². The van der Waals surface area contributed by atoms with Crippen LogP contribution in [0.25, 0.3) is 0 Å². The summed E-state index contributed by atoms with van der Waals surface area (Å²) in [5, 5.41) is 10.8. The molecule has 2 rings (SSSR count). The molecule has 2 heterocycles. The number of amides is 1. The highest BCUT2D eigenvalue weighted by molar-refractivity contribution is 7.10. The quantitative estimate of drug-likeness (QED) is 0.692. The van der Waals surface area contributed by atoms with Gasteiger partial charge in [-0.2, -0.15) is 5.10 Å². The second-order valence-electron chi connectivity index (χ2n) is 3.15. The van der Waals surface area contributed by atoms with Gasteiger partial charge in [0.1, 0.15) is 0 Å². The molecule has 2 aromatic heterocycles. The standard InChI is InChI=1S/C11H10N4OS/c12-3-1-2-10-4-8(7-17-10)11(16)15-9-5-13-14-6-9/h4-7H,3,12H2,(H,13,14)(H,15,16). The highest BCUT2D eigenvalue weighted by Crippen LogP contribution is 2.15. The lowest BCUT2D eigenvalue weighted by Gasteiger charge is -1.97. The largest absolute Gasteiger partial charge is 0.320 e. The summed E-state index contributed by atoms with van der Waals surface area (Å²) in [7, 11) is 0. The van der Waals surface area contributed by atoms with E-state index in [0.29, 0.717) is 17.8 Å². The Balaban J connectivity index is 2.07. The third-order valence-electron chi connectivity index (χ3n) is 1.93. The lowest BCUT2D eigenvalue weighted by Crippen LogP contribution is -2.09. The van der Waals surface area contributed by atoms with E-state index in [1.54, 1.807) is 23.8 Å². The second kappa shape index (κ2) is 5.30. The molecule has 0 bridgehead atoms. The van der Waals surface area contributed by atoms with Crippen LogP contribution in [0.1, 0.15) is 15.2 Å². The highest BCUT2D eigenvalue weighted by atomic mass is 32.1. The van der Waals surface area contributed by atoms with E-state index in [4.69, 9.17) is 5.73 Å². The van der Waals surface area contributed by atoms with Crippen LogP contribution in [0.2, 0.25) is 0 Å². The number of carbonyl (C=O) groups excluding carboxylic acids is 1. The molecule has 0 saturated carbocycles. The minimum absolute atomic E-state index is 0.177. The van der Waals surface area contributed by atoms with Crippen LogP contribution >= 0.6 is 11.3 Å². The highest BCUT2D eigenvalue weighted by Gasteiger charge is 2.08. The molecule has 1 amide bonds. The number of aromatic nitrogens is 2. The fourth-order valence-corrected chi connectivity index (χ4v) is 1.94. The first-order chi connectivity index (χ1) is 8.29. The molecule has 0 saturated heterocycles. The van der Waals surface area contributed by atoms with Crippen molar-refractivity contribution >= 4 is 22.9 Å². The lowest BCUT2D eigenvalue weighted by molar-refractivity contribution is 0.102. The monoisotopic (exact) mass is 246 g/mol. The van der Waals surface area contributed by atoms with Gasteiger partial charge in [0.2, 0.25) is 0 Å². The fraction of sp³-hybridized carbons (Fsp3) is 0.0909. The molecule has 17 heavy (non-hydrogen) atoms. The predicted octanol–water partition coefficient (Wildman–Crippen LogP) is 1.03. The Kier molecular flexibility index (Phi) is 3.55. The predicted molar refractivity (Wildman–Crippen MR) is 66.8 cm³/mol. The van der Waals surface area contributed by atoms with Crippen LogP contribution in [0, 0.1) is 11.8 Å². The lowest BCUT2D eigenvalue weighted by atomic mass is 10.3. The van der Waals surface area contributed by atoms with Gasteiger partial charge in [0, 0.05) is 11.6 Å². The molecule has 6 heteroatoms. The van der Waals surface area contributed by atoms with Gasteiger partial charge in [-0.25, -0.2) is 0 Å². The summed E-state index contributed by atoms with van der Waals surface area (Å²) in [6, 6.07) is 1.74. The van der Waals surface area contributed by atoms with E-state index in [0.717, 1.165) is 4.88 Å².